The molecule has 0 aliphatic heterocycles. The maximum atomic E-state index is 3.92. The molecule has 2 unspecified atom stereocenters. The van der Waals surface area contributed by atoms with Gasteiger partial charge < -0.3 is 0 Å². The van der Waals surface area contributed by atoms with Gasteiger partial charge in [0.2, 0.25) is 0 Å². The molecule has 0 bridgehead atoms. The Hall–Kier alpha value is -2.89. The molecule has 296 valence electrons. The maximum absolute atomic E-state index is 3.92. The Bertz CT molecular complexity index is 1730. The van der Waals surface area contributed by atoms with Crippen LogP contribution < -0.4 is 0 Å². The number of allylic oxidation sites excluding steroid dienone is 4. The first kappa shape index (κ1) is 45.8. The summed E-state index contributed by atoms with van der Waals surface area (Å²) in [6.07, 6.45) is 24.0. The molecule has 0 fully saturated rings. The molecule has 0 spiro atoms. The SMILES string of the molecule is CCCC(c1cc2c([c-]c1C)Cc1cc(C)c(C(CCC)C(C)(C)c3ccccc3)cc1-2)C(C)(C)c1ccccc1.CCCC[C](=[Zr+2])CCCC.[C-]1=CC=CC1. The van der Waals surface area contributed by atoms with Gasteiger partial charge in [0.05, 0.1) is 0 Å². The van der Waals surface area contributed by atoms with Gasteiger partial charge in [0.15, 0.2) is 0 Å². The molecule has 2 aliphatic carbocycles. The summed E-state index contributed by atoms with van der Waals surface area (Å²) in [4.78, 5) is 0. The third kappa shape index (κ3) is 11.8. The van der Waals surface area contributed by atoms with Crippen LogP contribution in [0.25, 0.3) is 11.1 Å². The molecule has 4 aromatic rings. The minimum atomic E-state index is 0.0376. The van der Waals surface area contributed by atoms with Crippen molar-refractivity contribution in [3.63, 3.8) is 0 Å². The second-order valence-corrected chi connectivity index (χ2v) is 19.2. The molecule has 0 saturated carbocycles. The number of unbranched alkanes of at least 4 members (excludes halogenated alkanes) is 2. The van der Waals surface area contributed by atoms with Crippen LogP contribution in [0, 0.1) is 26.0 Å². The molecule has 4 aromatic carbocycles. The Kier molecular flexibility index (Phi) is 18.3. The van der Waals surface area contributed by atoms with Crippen LogP contribution in [0.4, 0.5) is 0 Å². The standard InChI is InChI=1S/C41H49.C9H18.C5H5.Zr/c1-9-17-38(40(5,6)32-19-13-11-14-20-32)34-26-36-30(23-28(34)3)25-31-24-29(4)35(27-37(31)36)39(18-10-2)41(7,8)33-21-15-12-16-22-33;1-3-5-7-9-8-6-4-2;1-2-4-5-3-1;/h11-16,19-23,26-27,38-39H,9-10,17-18,25H2,1-8H3;3-8H2,1-2H3;1-3H,4H2;/q-1;;-1;+2. The van der Waals surface area contributed by atoms with Crippen molar-refractivity contribution >= 4 is 3.21 Å². The molecule has 0 saturated heterocycles. The summed E-state index contributed by atoms with van der Waals surface area (Å²) >= 11 is 1.67. The molecule has 56 heavy (non-hydrogen) atoms. The molecular weight excluding hydrogens is 752 g/mol. The summed E-state index contributed by atoms with van der Waals surface area (Å²) in [5, 5.41) is 0. The van der Waals surface area contributed by atoms with E-state index in [1.807, 2.05) is 12.2 Å². The molecule has 0 heterocycles. The van der Waals surface area contributed by atoms with Gasteiger partial charge in [0, 0.05) is 0 Å². The fourth-order valence-corrected chi connectivity index (χ4v) is 9.85. The predicted molar refractivity (Wildman–Crippen MR) is 243 cm³/mol. The van der Waals surface area contributed by atoms with Crippen molar-refractivity contribution in [2.24, 2.45) is 0 Å². The molecule has 0 nitrogen and oxygen atoms in total. The molecular formula is C55H72Zr. The van der Waals surface area contributed by atoms with Crippen LogP contribution in [0.3, 0.4) is 0 Å². The number of benzene rings is 4. The van der Waals surface area contributed by atoms with Crippen LogP contribution in [-0.2, 0) is 41.5 Å². The minimum absolute atomic E-state index is 0.0376. The third-order valence-corrected chi connectivity index (χ3v) is 13.7. The second kappa shape index (κ2) is 22.3. The third-order valence-electron chi connectivity index (χ3n) is 12.5. The van der Waals surface area contributed by atoms with Gasteiger partial charge in [-0.1, -0.05) is 152 Å². The molecule has 6 rings (SSSR count). The van der Waals surface area contributed by atoms with E-state index >= 15 is 0 Å². The van der Waals surface area contributed by atoms with Gasteiger partial charge in [-0.3, -0.25) is 6.08 Å². The van der Waals surface area contributed by atoms with Crippen molar-refractivity contribution in [3.8, 4) is 11.1 Å². The minimum Gasteiger partial charge on any atom is -0.273 e. The van der Waals surface area contributed by atoms with Crippen LogP contribution in [0.15, 0.2) is 97.1 Å². The summed E-state index contributed by atoms with van der Waals surface area (Å²) < 4.78 is 1.79. The zero-order valence-corrected chi connectivity index (χ0v) is 39.3. The van der Waals surface area contributed by atoms with E-state index in [0.29, 0.717) is 11.8 Å². The summed E-state index contributed by atoms with van der Waals surface area (Å²) in [6, 6.07) is 33.8. The van der Waals surface area contributed by atoms with Crippen molar-refractivity contribution in [1.82, 2.24) is 0 Å². The van der Waals surface area contributed by atoms with E-state index in [9.17, 15) is 0 Å². The quantitative estimate of drug-likeness (QED) is 0.0870. The summed E-state index contributed by atoms with van der Waals surface area (Å²) in [7, 11) is 0. The van der Waals surface area contributed by atoms with Crippen molar-refractivity contribution in [3.05, 3.63) is 154 Å². The topological polar surface area (TPSA) is 0 Å². The second-order valence-electron chi connectivity index (χ2n) is 17.5. The first-order valence-electron chi connectivity index (χ1n) is 22.0. The molecule has 0 amide bonds. The van der Waals surface area contributed by atoms with Gasteiger partial charge in [-0.15, -0.1) is 23.1 Å². The predicted octanol–water partition coefficient (Wildman–Crippen LogP) is 15.8. The molecule has 2 aliphatic rings. The largest absolute Gasteiger partial charge is 0.273 e. The first-order chi connectivity index (χ1) is 26.9. The Morgan fingerprint density at radius 1 is 0.679 bits per heavy atom. The van der Waals surface area contributed by atoms with Gasteiger partial charge in [-0.05, 0) is 64.3 Å². The molecule has 1 heteroatoms. The van der Waals surface area contributed by atoms with E-state index < -0.39 is 0 Å². The Labute approximate surface area is 359 Å². The molecule has 0 radical (unpaired) electrons. The summed E-state index contributed by atoms with van der Waals surface area (Å²) in [5.41, 5.74) is 14.4. The number of rotatable bonds is 16. The number of hydrogen-bond acceptors (Lipinski definition) is 0. The summed E-state index contributed by atoms with van der Waals surface area (Å²) in [6.45, 7) is 23.6. The van der Waals surface area contributed by atoms with Gasteiger partial charge in [0.25, 0.3) is 0 Å². The van der Waals surface area contributed by atoms with Gasteiger partial charge >= 0.3 is 79.8 Å². The van der Waals surface area contributed by atoms with Crippen molar-refractivity contribution in [2.75, 3.05) is 0 Å². The van der Waals surface area contributed by atoms with E-state index in [0.717, 1.165) is 12.8 Å². The van der Waals surface area contributed by atoms with Crippen LogP contribution in [0.5, 0.6) is 0 Å². The zero-order valence-electron chi connectivity index (χ0n) is 36.9. The average molecular weight is 824 g/mol. The van der Waals surface area contributed by atoms with Crippen molar-refractivity contribution in [2.45, 2.75) is 169 Å². The molecule has 0 aromatic heterocycles. The summed E-state index contributed by atoms with van der Waals surface area (Å²) in [5.74, 6) is 0.901. The van der Waals surface area contributed by atoms with Crippen molar-refractivity contribution < 1.29 is 24.2 Å². The maximum Gasteiger partial charge on any atom is -0.109 e. The molecule has 2 atom stereocenters. The first-order valence-corrected chi connectivity index (χ1v) is 23.2. The van der Waals surface area contributed by atoms with E-state index in [2.05, 4.69) is 166 Å². The van der Waals surface area contributed by atoms with Crippen LogP contribution in [0.1, 0.15) is 182 Å². The monoisotopic (exact) mass is 822 g/mol. The normalized spacial score (nSPS) is 13.9. The zero-order chi connectivity index (χ0) is 40.7. The van der Waals surface area contributed by atoms with E-state index in [1.54, 1.807) is 27.4 Å². The Morgan fingerprint density at radius 3 is 1.64 bits per heavy atom. The van der Waals surface area contributed by atoms with Gasteiger partial charge in [-0.2, -0.15) is 23.8 Å². The van der Waals surface area contributed by atoms with Crippen LogP contribution in [0.2, 0.25) is 0 Å². The van der Waals surface area contributed by atoms with E-state index in [4.69, 9.17) is 0 Å². The smallest absolute Gasteiger partial charge is 0.109 e. The van der Waals surface area contributed by atoms with Crippen LogP contribution >= 0.6 is 0 Å². The number of aryl methyl sites for hydroxylation is 2. The van der Waals surface area contributed by atoms with Crippen LogP contribution in [-0.4, -0.2) is 3.21 Å². The van der Waals surface area contributed by atoms with Gasteiger partial charge in [0.1, 0.15) is 0 Å². The van der Waals surface area contributed by atoms with E-state index in [1.165, 1.54) is 120 Å². The average Bonchev–Trinajstić information content (AvgIpc) is 3.90. The van der Waals surface area contributed by atoms with Gasteiger partial charge in [-0.25, -0.2) is 12.2 Å². The number of hydrogen-bond donors (Lipinski definition) is 0. The Balaban J connectivity index is 0.000000389. The van der Waals surface area contributed by atoms with E-state index in [-0.39, 0.29) is 10.8 Å². The number of fused-ring (bicyclic) bond motifs is 3. The fourth-order valence-electron chi connectivity index (χ4n) is 8.98. The fraction of sp³-hybridized carbons (Fsp3) is 0.473. The van der Waals surface area contributed by atoms with Crippen molar-refractivity contribution in [1.29, 1.82) is 0 Å². The molecule has 0 N–H and O–H groups in total. The Morgan fingerprint density at radius 2 is 1.20 bits per heavy atom.